The first-order valence-electron chi connectivity index (χ1n) is 19.7. The summed E-state index contributed by atoms with van der Waals surface area (Å²) in [5, 5.41) is 34.5. The lowest BCUT2D eigenvalue weighted by molar-refractivity contribution is -0.349. The van der Waals surface area contributed by atoms with E-state index in [0.29, 0.717) is 12.8 Å². The molecule has 3 N–H and O–H groups in total. The van der Waals surface area contributed by atoms with Crippen LogP contribution in [0, 0.1) is 16.2 Å². The molecule has 2 fully saturated rings. The molecule has 6 bridgehead atoms. The van der Waals surface area contributed by atoms with E-state index in [1.807, 2.05) is 32.1 Å². The summed E-state index contributed by atoms with van der Waals surface area (Å²) < 4.78 is 41.3. The minimum atomic E-state index is -1.96. The van der Waals surface area contributed by atoms with Crippen molar-refractivity contribution in [3.8, 4) is 0 Å². The third-order valence-corrected chi connectivity index (χ3v) is 11.4. The number of aliphatic hydroxyl groups excluding tert-OH is 2. The summed E-state index contributed by atoms with van der Waals surface area (Å²) in [6, 6.07) is 0. The highest BCUT2D eigenvalue weighted by molar-refractivity contribution is 5.82. The minimum Gasteiger partial charge on any atom is -0.469 e. The molecule has 316 valence electrons. The second-order valence-corrected chi connectivity index (χ2v) is 18.1. The molecule has 4 aliphatic rings. The second-order valence-electron chi connectivity index (χ2n) is 18.1. The number of carbonyl (C=O) groups is 4. The van der Waals surface area contributed by atoms with Crippen molar-refractivity contribution in [3.63, 3.8) is 0 Å². The van der Waals surface area contributed by atoms with Crippen LogP contribution >= 0.6 is 0 Å². The van der Waals surface area contributed by atoms with E-state index in [1.165, 1.54) is 27.2 Å². The Balaban J connectivity index is 1.79. The molecule has 0 aromatic heterocycles. The van der Waals surface area contributed by atoms with Crippen molar-refractivity contribution in [3.05, 3.63) is 35.5 Å². The van der Waals surface area contributed by atoms with Gasteiger partial charge in [0, 0.05) is 37.2 Å². The highest BCUT2D eigenvalue weighted by Gasteiger charge is 2.58. The van der Waals surface area contributed by atoms with Crippen LogP contribution in [0.25, 0.3) is 0 Å². The molecular formula is C42H64O14. The van der Waals surface area contributed by atoms with Gasteiger partial charge in [-0.2, -0.15) is 0 Å². The number of aliphatic hydroxyl groups is 3. The Morgan fingerprint density at radius 1 is 0.964 bits per heavy atom. The first-order valence-corrected chi connectivity index (χ1v) is 19.7. The van der Waals surface area contributed by atoms with E-state index >= 15 is 0 Å². The molecule has 56 heavy (non-hydrogen) atoms. The first-order chi connectivity index (χ1) is 25.9. The minimum absolute atomic E-state index is 0.0336. The average molecular weight is 793 g/mol. The SMILES string of the molecule is COC(=O)/C=C1/C[C@H]2C[C@]3(O)O[C@H](C[C@@H](O)CC(=O)O[C@@H]([C@@H](C)O)C[C@@H]4CC(CC(=O)OC)=CC(O4)C(C)(C)/C=C/[C@@H](C1)O2)C[C@H](OC(=O)C(C)(C)C)C3(C)C. The van der Waals surface area contributed by atoms with Gasteiger partial charge in [-0.05, 0) is 47.0 Å². The van der Waals surface area contributed by atoms with Gasteiger partial charge in [0.05, 0.1) is 80.6 Å². The van der Waals surface area contributed by atoms with Crippen LogP contribution in [0.5, 0.6) is 0 Å². The van der Waals surface area contributed by atoms with E-state index in [4.69, 9.17) is 33.2 Å². The summed E-state index contributed by atoms with van der Waals surface area (Å²) in [6.07, 6.45) is 0.383. The molecule has 4 heterocycles. The fraction of sp³-hybridized carbons (Fsp3) is 0.762. The summed E-state index contributed by atoms with van der Waals surface area (Å²) in [4.78, 5) is 51.4. The number of fused-ring (bicyclic) bond motifs is 6. The molecule has 2 saturated heterocycles. The highest BCUT2D eigenvalue weighted by atomic mass is 16.6. The zero-order chi connectivity index (χ0) is 41.8. The number of esters is 4. The smallest absolute Gasteiger partial charge is 0.330 e. The predicted octanol–water partition coefficient (Wildman–Crippen LogP) is 4.55. The maximum absolute atomic E-state index is 13.3. The molecule has 0 aromatic rings. The van der Waals surface area contributed by atoms with E-state index in [2.05, 4.69) is 0 Å². The Morgan fingerprint density at radius 3 is 2.29 bits per heavy atom. The van der Waals surface area contributed by atoms with Crippen molar-refractivity contribution < 1.29 is 67.7 Å². The lowest BCUT2D eigenvalue weighted by Gasteiger charge is -2.54. The molecular weight excluding hydrogens is 728 g/mol. The molecule has 0 radical (unpaired) electrons. The van der Waals surface area contributed by atoms with E-state index < -0.39 is 107 Å². The summed E-state index contributed by atoms with van der Waals surface area (Å²) in [5.41, 5.74) is -1.20. The number of rotatable bonds is 5. The quantitative estimate of drug-likeness (QED) is 0.152. The van der Waals surface area contributed by atoms with Gasteiger partial charge in [-0.3, -0.25) is 14.4 Å². The largest absolute Gasteiger partial charge is 0.469 e. The molecule has 4 rings (SSSR count). The van der Waals surface area contributed by atoms with Gasteiger partial charge in [0.25, 0.3) is 0 Å². The Hall–Kier alpha value is -3.14. The number of hydrogen-bond acceptors (Lipinski definition) is 14. The van der Waals surface area contributed by atoms with E-state index in [9.17, 15) is 34.5 Å². The zero-order valence-electron chi connectivity index (χ0n) is 34.7. The van der Waals surface area contributed by atoms with Gasteiger partial charge in [-0.25, -0.2) is 4.79 Å². The first kappa shape index (κ1) is 45.6. The maximum atomic E-state index is 13.3. The molecule has 1 unspecified atom stereocenters. The number of ether oxygens (including phenoxy) is 7. The fourth-order valence-electron chi connectivity index (χ4n) is 7.72. The third-order valence-electron chi connectivity index (χ3n) is 11.4. The molecule has 0 spiro atoms. The van der Waals surface area contributed by atoms with Crippen LogP contribution in [-0.2, 0) is 52.3 Å². The Morgan fingerprint density at radius 2 is 1.66 bits per heavy atom. The molecule has 14 nitrogen and oxygen atoms in total. The molecule has 0 aromatic carbocycles. The standard InChI is InChI=1S/C42H64O14/c1-24(43)32-21-29-14-26(18-36(46)51-10)16-33(53-29)40(5,6)12-11-28-13-25(17-35(45)50-9)15-31(52-28)23-42(49)41(7,8)34(55-38(48)39(2,3)4)22-30(56-42)19-27(44)20-37(47)54-32/h11-12,16-17,24,27-34,43-44,49H,13-15,18-23H2,1-10H3/b12-11+,25-17+/t24-,27-,28+,29+,30-,31+,32-,33?,34+,42+/m1/s1. The molecule has 0 saturated carbocycles. The van der Waals surface area contributed by atoms with Gasteiger partial charge in [-0.1, -0.05) is 57.1 Å². The van der Waals surface area contributed by atoms with Crippen molar-refractivity contribution in [1.82, 2.24) is 0 Å². The number of methoxy groups -OCH3 is 2. The average Bonchev–Trinajstić information content (AvgIpc) is 3.08. The summed E-state index contributed by atoms with van der Waals surface area (Å²) in [7, 11) is 2.62. The van der Waals surface area contributed by atoms with Gasteiger partial charge in [0.2, 0.25) is 0 Å². The lowest BCUT2D eigenvalue weighted by atomic mass is 9.70. The van der Waals surface area contributed by atoms with E-state index in [0.717, 1.165) is 11.1 Å². The van der Waals surface area contributed by atoms with Crippen LogP contribution in [0.2, 0.25) is 0 Å². The Kier molecular flexibility index (Phi) is 14.8. The van der Waals surface area contributed by atoms with E-state index in [1.54, 1.807) is 34.6 Å². The highest BCUT2D eigenvalue weighted by Crippen LogP contribution is 2.49. The van der Waals surface area contributed by atoms with Gasteiger partial charge in [0.1, 0.15) is 12.2 Å². The Labute approximate surface area is 330 Å². The number of carbonyl (C=O) groups excluding carboxylic acids is 4. The van der Waals surface area contributed by atoms with Crippen LogP contribution in [-0.4, -0.2) is 114 Å². The summed E-state index contributed by atoms with van der Waals surface area (Å²) in [6.45, 7) is 14.1. The normalized spacial score (nSPS) is 35.8. The van der Waals surface area contributed by atoms with Crippen LogP contribution < -0.4 is 0 Å². The number of hydrogen-bond donors (Lipinski definition) is 3. The predicted molar refractivity (Wildman–Crippen MR) is 203 cm³/mol. The topological polar surface area (TPSA) is 194 Å². The third kappa shape index (κ3) is 11.7. The zero-order valence-corrected chi connectivity index (χ0v) is 34.7. The molecule has 0 amide bonds. The molecule has 10 atom stereocenters. The van der Waals surface area contributed by atoms with Crippen LogP contribution in [0.15, 0.2) is 35.5 Å². The van der Waals surface area contributed by atoms with Crippen molar-refractivity contribution in [2.24, 2.45) is 16.2 Å². The lowest BCUT2D eigenvalue weighted by Crippen LogP contribution is -2.62. The van der Waals surface area contributed by atoms with Crippen molar-refractivity contribution in [2.75, 3.05) is 14.2 Å². The van der Waals surface area contributed by atoms with Crippen molar-refractivity contribution in [2.45, 2.75) is 174 Å². The van der Waals surface area contributed by atoms with Gasteiger partial charge in [0.15, 0.2) is 5.79 Å². The second kappa shape index (κ2) is 18.2. The molecule has 4 aliphatic heterocycles. The van der Waals surface area contributed by atoms with Crippen LogP contribution in [0.1, 0.15) is 113 Å². The maximum Gasteiger partial charge on any atom is 0.330 e. The fourth-order valence-corrected chi connectivity index (χ4v) is 7.72. The van der Waals surface area contributed by atoms with Crippen LogP contribution in [0.4, 0.5) is 0 Å². The van der Waals surface area contributed by atoms with Gasteiger partial charge in [-0.15, -0.1) is 0 Å². The number of cyclic esters (lactones) is 1. The summed E-state index contributed by atoms with van der Waals surface area (Å²) in [5.74, 6) is -4.14. The Bertz CT molecular complexity index is 1520. The molecule has 0 aliphatic carbocycles. The summed E-state index contributed by atoms with van der Waals surface area (Å²) >= 11 is 0. The van der Waals surface area contributed by atoms with Crippen molar-refractivity contribution >= 4 is 23.9 Å². The van der Waals surface area contributed by atoms with Crippen molar-refractivity contribution in [1.29, 1.82) is 0 Å². The van der Waals surface area contributed by atoms with Gasteiger partial charge >= 0.3 is 23.9 Å². The monoisotopic (exact) mass is 792 g/mol. The molecule has 14 heteroatoms. The van der Waals surface area contributed by atoms with E-state index in [-0.39, 0.29) is 38.5 Å². The van der Waals surface area contributed by atoms with Crippen LogP contribution in [0.3, 0.4) is 0 Å². The van der Waals surface area contributed by atoms with Gasteiger partial charge < -0.3 is 48.5 Å².